The maximum atomic E-state index is 10.3. The average Bonchev–Trinajstić information content (AvgIpc) is 3.12. The highest BCUT2D eigenvalue weighted by Crippen LogP contribution is 2.46. The minimum atomic E-state index is -0.941. The molecule has 0 saturated heterocycles. The molecule has 0 radical (unpaired) electrons. The fourth-order valence-corrected chi connectivity index (χ4v) is 2.40. The first-order valence-corrected chi connectivity index (χ1v) is 6.52. The topological polar surface area (TPSA) is 40.5 Å². The van der Waals surface area contributed by atoms with Gasteiger partial charge in [0.2, 0.25) is 0 Å². The molecule has 1 fully saturated rings. The molecule has 94 valence electrons. The quantitative estimate of drug-likeness (QED) is 0.836. The van der Waals surface area contributed by atoms with Gasteiger partial charge in [-0.2, -0.15) is 0 Å². The fraction of sp³-hybridized carbons (Fsp3) is 0.600. The first-order chi connectivity index (χ1) is 7.97. The highest BCUT2D eigenvalue weighted by Gasteiger charge is 2.32. The molecule has 1 aromatic rings. The molecule has 17 heavy (non-hydrogen) atoms. The van der Waals surface area contributed by atoms with Gasteiger partial charge in [-0.3, -0.25) is 0 Å². The summed E-state index contributed by atoms with van der Waals surface area (Å²) in [5.41, 5.74) is 0.701. The molecule has 0 heterocycles. The van der Waals surface area contributed by atoms with Crippen molar-refractivity contribution in [1.29, 1.82) is 0 Å². The molecule has 0 aliphatic heterocycles. The predicted molar refractivity (Wildman–Crippen MR) is 69.1 cm³/mol. The van der Waals surface area contributed by atoms with E-state index >= 15 is 0 Å². The van der Waals surface area contributed by atoms with E-state index in [1.165, 1.54) is 12.8 Å². The van der Waals surface area contributed by atoms with Gasteiger partial charge in [0.15, 0.2) is 0 Å². The van der Waals surface area contributed by atoms with Gasteiger partial charge >= 0.3 is 0 Å². The van der Waals surface area contributed by atoms with Gasteiger partial charge in [0, 0.05) is 5.56 Å². The molecule has 0 amide bonds. The van der Waals surface area contributed by atoms with Crippen LogP contribution in [0.15, 0.2) is 18.2 Å². The van der Waals surface area contributed by atoms with Gasteiger partial charge in [-0.15, -0.1) is 0 Å². The number of aliphatic hydroxyl groups is 1. The predicted octanol–water partition coefficient (Wildman–Crippen LogP) is 3.52. The second kappa shape index (κ2) is 4.34. The highest BCUT2D eigenvalue weighted by molar-refractivity contribution is 5.45. The van der Waals surface area contributed by atoms with Crippen LogP contribution in [-0.2, 0) is 5.60 Å². The number of benzene rings is 1. The number of hydrogen-bond donors (Lipinski definition) is 2. The molecule has 1 saturated carbocycles. The molecule has 0 bridgehead atoms. The highest BCUT2D eigenvalue weighted by atomic mass is 16.3. The van der Waals surface area contributed by atoms with E-state index in [1.54, 1.807) is 6.92 Å². The van der Waals surface area contributed by atoms with Crippen molar-refractivity contribution in [2.24, 2.45) is 5.92 Å². The van der Waals surface area contributed by atoms with E-state index in [0.717, 1.165) is 5.56 Å². The smallest absolute Gasteiger partial charge is 0.125 e. The lowest BCUT2D eigenvalue weighted by Gasteiger charge is -2.25. The lowest BCUT2D eigenvalue weighted by Crippen LogP contribution is -2.20. The normalized spacial score (nSPS) is 20.9. The monoisotopic (exact) mass is 234 g/mol. The number of phenolic OH excluding ortho intramolecular Hbond substituents is 1. The van der Waals surface area contributed by atoms with Crippen LogP contribution in [0, 0.1) is 5.92 Å². The van der Waals surface area contributed by atoms with Crippen molar-refractivity contribution < 1.29 is 10.2 Å². The molecule has 2 heteroatoms. The Morgan fingerprint density at radius 2 is 2.06 bits per heavy atom. The van der Waals surface area contributed by atoms with Crippen molar-refractivity contribution in [3.8, 4) is 5.75 Å². The van der Waals surface area contributed by atoms with Crippen LogP contribution >= 0.6 is 0 Å². The molecule has 0 aromatic heterocycles. The van der Waals surface area contributed by atoms with Crippen LogP contribution in [0.5, 0.6) is 5.75 Å². The van der Waals surface area contributed by atoms with Crippen molar-refractivity contribution in [3.63, 3.8) is 0 Å². The van der Waals surface area contributed by atoms with Gasteiger partial charge in [0.05, 0.1) is 5.60 Å². The SMILES string of the molecule is CCC(C)(O)c1cccc(C(C)C2CC2)c1O. The third kappa shape index (κ3) is 2.32. The zero-order valence-corrected chi connectivity index (χ0v) is 10.9. The van der Waals surface area contributed by atoms with Crippen molar-refractivity contribution in [3.05, 3.63) is 29.3 Å². The van der Waals surface area contributed by atoms with Crippen LogP contribution in [-0.4, -0.2) is 10.2 Å². The summed E-state index contributed by atoms with van der Waals surface area (Å²) < 4.78 is 0. The van der Waals surface area contributed by atoms with E-state index in [2.05, 4.69) is 6.92 Å². The number of aromatic hydroxyl groups is 1. The Kier molecular flexibility index (Phi) is 3.17. The Balaban J connectivity index is 2.39. The molecular formula is C15H22O2. The van der Waals surface area contributed by atoms with Gasteiger partial charge in [-0.05, 0) is 43.6 Å². The minimum absolute atomic E-state index is 0.291. The van der Waals surface area contributed by atoms with Gasteiger partial charge in [-0.25, -0.2) is 0 Å². The molecular weight excluding hydrogens is 212 g/mol. The van der Waals surface area contributed by atoms with Gasteiger partial charge < -0.3 is 10.2 Å². The van der Waals surface area contributed by atoms with Crippen molar-refractivity contribution in [2.45, 2.75) is 51.6 Å². The molecule has 2 N–H and O–H groups in total. The number of hydrogen-bond acceptors (Lipinski definition) is 2. The van der Waals surface area contributed by atoms with E-state index < -0.39 is 5.60 Å². The van der Waals surface area contributed by atoms with Crippen molar-refractivity contribution >= 4 is 0 Å². The molecule has 2 unspecified atom stereocenters. The summed E-state index contributed by atoms with van der Waals surface area (Å²) in [6.45, 7) is 5.85. The van der Waals surface area contributed by atoms with E-state index in [-0.39, 0.29) is 0 Å². The summed E-state index contributed by atoms with van der Waals surface area (Å²) in [7, 11) is 0. The Hall–Kier alpha value is -1.02. The maximum absolute atomic E-state index is 10.3. The molecule has 2 atom stereocenters. The molecule has 0 spiro atoms. The number of phenols is 1. The lowest BCUT2D eigenvalue weighted by atomic mass is 9.87. The first-order valence-electron chi connectivity index (χ1n) is 6.52. The summed E-state index contributed by atoms with van der Waals surface area (Å²) in [5, 5.41) is 20.6. The van der Waals surface area contributed by atoms with Gasteiger partial charge in [0.25, 0.3) is 0 Å². The number of rotatable bonds is 4. The van der Waals surface area contributed by atoms with Crippen LogP contribution in [0.3, 0.4) is 0 Å². The van der Waals surface area contributed by atoms with Crippen LogP contribution in [0.2, 0.25) is 0 Å². The van der Waals surface area contributed by atoms with Gasteiger partial charge in [-0.1, -0.05) is 32.0 Å². The van der Waals surface area contributed by atoms with Crippen molar-refractivity contribution in [1.82, 2.24) is 0 Å². The van der Waals surface area contributed by atoms with Crippen LogP contribution in [0.1, 0.15) is 57.1 Å². The summed E-state index contributed by atoms with van der Waals surface area (Å²) >= 11 is 0. The molecule has 2 nitrogen and oxygen atoms in total. The Morgan fingerprint density at radius 1 is 1.41 bits per heavy atom. The van der Waals surface area contributed by atoms with Crippen LogP contribution in [0.4, 0.5) is 0 Å². The zero-order chi connectivity index (χ0) is 12.6. The third-order valence-electron chi connectivity index (χ3n) is 4.16. The Bertz CT molecular complexity index is 405. The second-order valence-corrected chi connectivity index (χ2v) is 5.50. The summed E-state index contributed by atoms with van der Waals surface area (Å²) in [6.07, 6.45) is 3.12. The number of para-hydroxylation sites is 1. The van der Waals surface area contributed by atoms with E-state index in [4.69, 9.17) is 0 Å². The second-order valence-electron chi connectivity index (χ2n) is 5.50. The minimum Gasteiger partial charge on any atom is -0.507 e. The van der Waals surface area contributed by atoms with Crippen LogP contribution in [0.25, 0.3) is 0 Å². The molecule has 2 rings (SSSR count). The van der Waals surface area contributed by atoms with Gasteiger partial charge in [0.1, 0.15) is 5.75 Å². The third-order valence-corrected chi connectivity index (χ3v) is 4.16. The van der Waals surface area contributed by atoms with Crippen LogP contribution < -0.4 is 0 Å². The Morgan fingerprint density at radius 3 is 2.59 bits per heavy atom. The van der Waals surface area contributed by atoms with Crippen molar-refractivity contribution in [2.75, 3.05) is 0 Å². The molecule has 1 aliphatic carbocycles. The summed E-state index contributed by atoms with van der Waals surface area (Å²) in [4.78, 5) is 0. The first kappa shape index (κ1) is 12.4. The van der Waals surface area contributed by atoms with E-state index in [9.17, 15) is 10.2 Å². The summed E-state index contributed by atoms with van der Waals surface area (Å²) in [6, 6.07) is 5.74. The maximum Gasteiger partial charge on any atom is 0.125 e. The largest absolute Gasteiger partial charge is 0.507 e. The summed E-state index contributed by atoms with van der Waals surface area (Å²) in [5.74, 6) is 1.39. The average molecular weight is 234 g/mol. The van der Waals surface area contributed by atoms with E-state index in [0.29, 0.717) is 29.6 Å². The molecule has 1 aromatic carbocycles. The Labute approximate surface area is 103 Å². The van der Waals surface area contributed by atoms with E-state index in [1.807, 2.05) is 25.1 Å². The zero-order valence-electron chi connectivity index (χ0n) is 10.9. The standard InChI is InChI=1S/C15H22O2/c1-4-15(3,17)13-7-5-6-12(14(13)16)10(2)11-8-9-11/h5-7,10-11,16-17H,4,8-9H2,1-3H3. The lowest BCUT2D eigenvalue weighted by molar-refractivity contribution is 0.0504. The fourth-order valence-electron chi connectivity index (χ4n) is 2.40. The molecule has 1 aliphatic rings.